The minimum Gasteiger partial charge on any atom is -0.303 e. The molecule has 0 radical (unpaired) electrons. The summed E-state index contributed by atoms with van der Waals surface area (Å²) in [6.45, 7) is 0. The van der Waals surface area contributed by atoms with Crippen LogP contribution >= 0.6 is 11.6 Å². The molecular weight excluding hydrogens is 191 g/mol. The number of allylic oxidation sites excluding steroid dienone is 1. The summed E-state index contributed by atoms with van der Waals surface area (Å²) >= 11 is 5.49. The van der Waals surface area contributed by atoms with Crippen LogP contribution in [0.4, 0.5) is 4.39 Å². The van der Waals surface area contributed by atoms with Gasteiger partial charge in [-0.1, -0.05) is 29.8 Å². The van der Waals surface area contributed by atoms with Crippen LogP contribution in [-0.4, -0.2) is 6.29 Å². The average molecular weight is 199 g/mol. The zero-order chi connectivity index (χ0) is 9.68. The van der Waals surface area contributed by atoms with E-state index in [1.54, 1.807) is 18.2 Å². The average Bonchev–Trinajstić information content (AvgIpc) is 2.12. The lowest BCUT2D eigenvalue weighted by Gasteiger charge is -1.95. The number of carbonyl (C=O) groups is 1. The van der Waals surface area contributed by atoms with Gasteiger partial charge in [0.05, 0.1) is 5.02 Å². The largest absolute Gasteiger partial charge is 0.303 e. The molecule has 0 spiro atoms. The molecule has 68 valence electrons. The molecule has 0 N–H and O–H groups in total. The van der Waals surface area contributed by atoms with Crippen LogP contribution in [0.15, 0.2) is 24.3 Å². The van der Waals surface area contributed by atoms with Gasteiger partial charge in [0.15, 0.2) is 0 Å². The van der Waals surface area contributed by atoms with E-state index in [9.17, 15) is 9.18 Å². The smallest absolute Gasteiger partial charge is 0.142 e. The molecule has 0 unspecified atom stereocenters. The van der Waals surface area contributed by atoms with Crippen LogP contribution in [0.5, 0.6) is 0 Å². The van der Waals surface area contributed by atoms with Crippen molar-refractivity contribution in [2.75, 3.05) is 0 Å². The van der Waals surface area contributed by atoms with Gasteiger partial charge in [-0.05, 0) is 17.7 Å². The molecule has 0 aliphatic heterocycles. The van der Waals surface area contributed by atoms with Gasteiger partial charge in [0, 0.05) is 6.42 Å². The van der Waals surface area contributed by atoms with Gasteiger partial charge in [-0.25, -0.2) is 4.39 Å². The Kier molecular flexibility index (Phi) is 3.65. The SMILES string of the molecule is O=CCC=Cc1ccc(Cl)c(F)c1. The molecule has 0 amide bonds. The Balaban J connectivity index is 2.79. The van der Waals surface area contributed by atoms with E-state index < -0.39 is 5.82 Å². The fourth-order valence-electron chi connectivity index (χ4n) is 0.876. The zero-order valence-electron chi connectivity index (χ0n) is 6.84. The van der Waals surface area contributed by atoms with Crippen LogP contribution in [0.3, 0.4) is 0 Å². The normalized spacial score (nSPS) is 10.6. The number of halogens is 2. The van der Waals surface area contributed by atoms with E-state index in [-0.39, 0.29) is 5.02 Å². The Morgan fingerprint density at radius 2 is 2.23 bits per heavy atom. The zero-order valence-corrected chi connectivity index (χ0v) is 7.59. The Bertz CT molecular complexity index is 334. The predicted molar refractivity (Wildman–Crippen MR) is 51.1 cm³/mol. The van der Waals surface area contributed by atoms with Gasteiger partial charge in [0.1, 0.15) is 12.1 Å². The lowest BCUT2D eigenvalue weighted by Crippen LogP contribution is -1.78. The first-order chi connectivity index (χ1) is 6.24. The molecule has 0 heterocycles. The van der Waals surface area contributed by atoms with Crippen molar-refractivity contribution in [3.05, 3.63) is 40.7 Å². The van der Waals surface area contributed by atoms with Crippen molar-refractivity contribution in [3.8, 4) is 0 Å². The number of aldehydes is 1. The maximum Gasteiger partial charge on any atom is 0.142 e. The molecule has 1 aromatic rings. The van der Waals surface area contributed by atoms with E-state index in [4.69, 9.17) is 11.6 Å². The van der Waals surface area contributed by atoms with Crippen LogP contribution in [-0.2, 0) is 4.79 Å². The van der Waals surface area contributed by atoms with Crippen LogP contribution in [0, 0.1) is 5.82 Å². The first kappa shape index (κ1) is 9.93. The third kappa shape index (κ3) is 2.99. The summed E-state index contributed by atoms with van der Waals surface area (Å²) in [5.74, 6) is -0.449. The van der Waals surface area contributed by atoms with Crippen LogP contribution in [0.2, 0.25) is 5.02 Å². The van der Waals surface area contributed by atoms with Crippen molar-refractivity contribution in [1.82, 2.24) is 0 Å². The van der Waals surface area contributed by atoms with Gasteiger partial charge < -0.3 is 4.79 Å². The monoisotopic (exact) mass is 198 g/mol. The number of carbonyl (C=O) groups excluding carboxylic acids is 1. The highest BCUT2D eigenvalue weighted by atomic mass is 35.5. The maximum absolute atomic E-state index is 12.9. The van der Waals surface area contributed by atoms with Gasteiger partial charge in [-0.2, -0.15) is 0 Å². The standard InChI is InChI=1S/C10H8ClFO/c11-9-5-4-8(7-10(9)12)3-1-2-6-13/h1,3-7H,2H2. The third-order valence-electron chi connectivity index (χ3n) is 1.49. The minimum absolute atomic E-state index is 0.104. The highest BCUT2D eigenvalue weighted by Gasteiger charge is 1.97. The molecule has 1 nitrogen and oxygen atoms in total. The van der Waals surface area contributed by atoms with Crippen LogP contribution < -0.4 is 0 Å². The highest BCUT2D eigenvalue weighted by Crippen LogP contribution is 2.16. The summed E-state index contributed by atoms with van der Waals surface area (Å²) in [4.78, 5) is 9.97. The van der Waals surface area contributed by atoms with Gasteiger partial charge in [0.2, 0.25) is 0 Å². The Hall–Kier alpha value is -1.15. The number of benzene rings is 1. The van der Waals surface area contributed by atoms with E-state index >= 15 is 0 Å². The maximum atomic E-state index is 12.9. The molecule has 13 heavy (non-hydrogen) atoms. The second-order valence-corrected chi connectivity index (χ2v) is 2.89. The van der Waals surface area contributed by atoms with E-state index in [0.717, 1.165) is 6.29 Å². The molecule has 0 atom stereocenters. The molecular formula is C10H8ClFO. The van der Waals surface area contributed by atoms with Gasteiger partial charge in [-0.3, -0.25) is 0 Å². The lowest BCUT2D eigenvalue weighted by atomic mass is 10.2. The minimum atomic E-state index is -0.449. The molecule has 1 rings (SSSR count). The molecule has 0 aliphatic rings. The van der Waals surface area contributed by atoms with E-state index in [1.165, 1.54) is 12.1 Å². The van der Waals surface area contributed by atoms with Gasteiger partial charge >= 0.3 is 0 Å². The topological polar surface area (TPSA) is 17.1 Å². The van der Waals surface area contributed by atoms with Crippen molar-refractivity contribution < 1.29 is 9.18 Å². The predicted octanol–water partition coefficient (Wildman–Crippen LogP) is 3.08. The number of rotatable bonds is 3. The van der Waals surface area contributed by atoms with Crippen molar-refractivity contribution in [2.45, 2.75) is 6.42 Å². The Morgan fingerprint density at radius 1 is 1.46 bits per heavy atom. The van der Waals surface area contributed by atoms with Crippen molar-refractivity contribution in [2.24, 2.45) is 0 Å². The molecule has 0 aromatic heterocycles. The summed E-state index contributed by atoms with van der Waals surface area (Å²) in [6, 6.07) is 4.49. The quantitative estimate of drug-likeness (QED) is 0.683. The summed E-state index contributed by atoms with van der Waals surface area (Å²) in [7, 11) is 0. The number of hydrogen-bond acceptors (Lipinski definition) is 1. The fourth-order valence-corrected chi connectivity index (χ4v) is 0.993. The molecule has 0 fully saturated rings. The molecule has 0 saturated heterocycles. The second-order valence-electron chi connectivity index (χ2n) is 2.48. The van der Waals surface area contributed by atoms with Gasteiger partial charge in [0.25, 0.3) is 0 Å². The fraction of sp³-hybridized carbons (Fsp3) is 0.100. The third-order valence-corrected chi connectivity index (χ3v) is 1.79. The Morgan fingerprint density at radius 3 is 2.85 bits per heavy atom. The van der Waals surface area contributed by atoms with Crippen LogP contribution in [0.25, 0.3) is 6.08 Å². The number of hydrogen-bond donors (Lipinski definition) is 0. The highest BCUT2D eigenvalue weighted by molar-refractivity contribution is 6.30. The molecule has 3 heteroatoms. The summed E-state index contributed by atoms with van der Waals surface area (Å²) in [5.41, 5.74) is 0.698. The second kappa shape index (κ2) is 4.77. The summed E-state index contributed by atoms with van der Waals surface area (Å²) < 4.78 is 12.9. The summed E-state index contributed by atoms with van der Waals surface area (Å²) in [5, 5.41) is 0.104. The van der Waals surface area contributed by atoms with E-state index in [0.29, 0.717) is 12.0 Å². The first-order valence-corrected chi connectivity index (χ1v) is 4.17. The van der Waals surface area contributed by atoms with E-state index in [2.05, 4.69) is 0 Å². The van der Waals surface area contributed by atoms with Crippen molar-refractivity contribution in [3.63, 3.8) is 0 Å². The molecule has 0 aliphatic carbocycles. The Labute approximate surface area is 80.8 Å². The summed E-state index contributed by atoms with van der Waals surface area (Å²) in [6.07, 6.45) is 4.45. The molecule has 1 aromatic carbocycles. The lowest BCUT2D eigenvalue weighted by molar-refractivity contribution is -0.107. The van der Waals surface area contributed by atoms with Crippen LogP contribution in [0.1, 0.15) is 12.0 Å². The van der Waals surface area contributed by atoms with Crippen molar-refractivity contribution >= 4 is 24.0 Å². The first-order valence-electron chi connectivity index (χ1n) is 3.79. The molecule has 0 saturated carbocycles. The van der Waals surface area contributed by atoms with Crippen molar-refractivity contribution in [1.29, 1.82) is 0 Å². The van der Waals surface area contributed by atoms with Gasteiger partial charge in [-0.15, -0.1) is 0 Å². The van der Waals surface area contributed by atoms with E-state index in [1.807, 2.05) is 0 Å². The molecule has 0 bridgehead atoms.